The summed E-state index contributed by atoms with van der Waals surface area (Å²) >= 11 is 12.1. The second kappa shape index (κ2) is 11.9. The molecule has 0 aliphatic heterocycles. The van der Waals surface area contributed by atoms with Crippen molar-refractivity contribution < 1.29 is 38.5 Å². The molecular weight excluding hydrogens is 528 g/mol. The van der Waals surface area contributed by atoms with E-state index >= 15 is 0 Å². The van der Waals surface area contributed by atoms with Crippen molar-refractivity contribution in [1.29, 1.82) is 0 Å². The Kier molecular flexibility index (Phi) is 8.96. The van der Waals surface area contributed by atoms with Gasteiger partial charge in [0.25, 0.3) is 5.91 Å². The minimum absolute atomic E-state index is 0.0706. The van der Waals surface area contributed by atoms with Crippen LogP contribution >= 0.6 is 23.2 Å². The number of rotatable bonds is 10. The topological polar surface area (TPSA) is 122 Å². The molecule has 8 nitrogen and oxygen atoms in total. The molecule has 0 saturated heterocycles. The highest BCUT2D eigenvalue weighted by Crippen LogP contribution is 2.40. The number of alkyl halides is 1. The first kappa shape index (κ1) is 27.8. The van der Waals surface area contributed by atoms with Crippen molar-refractivity contribution in [2.24, 2.45) is 0 Å². The Bertz CT molecular complexity index is 1300. The van der Waals surface area contributed by atoms with Gasteiger partial charge >= 0.3 is 11.9 Å². The molecule has 0 bridgehead atoms. The summed E-state index contributed by atoms with van der Waals surface area (Å²) in [4.78, 5) is 35.8. The third kappa shape index (κ3) is 6.31. The number of nitrogens with one attached hydrogen (secondary N) is 1. The van der Waals surface area contributed by atoms with Crippen molar-refractivity contribution in [3.63, 3.8) is 0 Å². The third-order valence-corrected chi connectivity index (χ3v) is 6.12. The quantitative estimate of drug-likeness (QED) is 0.314. The van der Waals surface area contributed by atoms with Crippen molar-refractivity contribution in [3.05, 3.63) is 80.8 Å². The highest BCUT2D eigenvalue weighted by Gasteiger charge is 2.25. The maximum Gasteiger partial charge on any atom is 0.335 e. The Labute approximate surface area is 221 Å². The van der Waals surface area contributed by atoms with E-state index in [1.54, 1.807) is 36.4 Å². The number of carboxylic acid groups (broad SMARTS) is 2. The second-order valence-corrected chi connectivity index (χ2v) is 8.71. The number of aromatic carboxylic acids is 1. The zero-order valence-corrected chi connectivity index (χ0v) is 21.2. The summed E-state index contributed by atoms with van der Waals surface area (Å²) in [6.45, 7) is -0.686. The van der Waals surface area contributed by atoms with Crippen LogP contribution in [0, 0.1) is 0 Å². The molecule has 3 N–H and O–H groups in total. The monoisotopic (exact) mass is 549 g/mol. The number of carbonyl (C=O) groups is 3. The van der Waals surface area contributed by atoms with Gasteiger partial charge in [0.15, 0.2) is 0 Å². The minimum Gasteiger partial charge on any atom is -0.496 e. The predicted octanol–water partition coefficient (Wildman–Crippen LogP) is 5.27. The molecule has 1 atom stereocenters. The van der Waals surface area contributed by atoms with Crippen LogP contribution in [0.2, 0.25) is 10.0 Å². The Hall–Kier alpha value is -3.82. The Morgan fingerprint density at radius 2 is 1.46 bits per heavy atom. The number of ether oxygens (including phenoxy) is 2. The van der Waals surface area contributed by atoms with Crippen LogP contribution in [0.5, 0.6) is 11.5 Å². The fourth-order valence-corrected chi connectivity index (χ4v) is 4.37. The molecule has 0 spiro atoms. The van der Waals surface area contributed by atoms with Crippen molar-refractivity contribution >= 4 is 41.0 Å². The molecule has 0 saturated carbocycles. The SMILES string of the molecule is COc1cc(CF)cc(OC)c1-c1ccc(C[C@H](NC(=O)c2c(Cl)cc(C(=O)O)cc2Cl)C(=O)O)cc1. The summed E-state index contributed by atoms with van der Waals surface area (Å²) in [5, 5.41) is 20.7. The summed E-state index contributed by atoms with van der Waals surface area (Å²) in [7, 11) is 2.92. The van der Waals surface area contributed by atoms with Crippen LogP contribution < -0.4 is 14.8 Å². The fourth-order valence-electron chi connectivity index (χ4n) is 3.72. The van der Waals surface area contributed by atoms with Crippen LogP contribution in [0.25, 0.3) is 11.1 Å². The molecule has 3 aromatic rings. The molecule has 37 heavy (non-hydrogen) atoms. The number of carbonyl (C=O) groups excluding carboxylic acids is 1. The summed E-state index contributed by atoms with van der Waals surface area (Å²) in [6.07, 6.45) is -0.0706. The van der Waals surface area contributed by atoms with E-state index in [4.69, 9.17) is 37.8 Å². The molecule has 0 aliphatic rings. The molecule has 11 heteroatoms. The van der Waals surface area contributed by atoms with Gasteiger partial charge in [0.2, 0.25) is 0 Å². The lowest BCUT2D eigenvalue weighted by Gasteiger charge is -2.17. The normalized spacial score (nSPS) is 11.5. The van der Waals surface area contributed by atoms with Gasteiger partial charge in [-0.1, -0.05) is 47.5 Å². The minimum atomic E-state index is -1.34. The highest BCUT2D eigenvalue weighted by atomic mass is 35.5. The van der Waals surface area contributed by atoms with Crippen LogP contribution in [0.3, 0.4) is 0 Å². The van der Waals surface area contributed by atoms with E-state index in [0.29, 0.717) is 33.8 Å². The molecule has 194 valence electrons. The van der Waals surface area contributed by atoms with E-state index in [1.165, 1.54) is 14.2 Å². The molecule has 0 radical (unpaired) electrons. The number of hydrogen-bond donors (Lipinski definition) is 3. The van der Waals surface area contributed by atoms with Gasteiger partial charge in [-0.15, -0.1) is 0 Å². The summed E-state index contributed by atoms with van der Waals surface area (Å²) in [5.41, 5.74) is 1.83. The lowest BCUT2D eigenvalue weighted by Crippen LogP contribution is -2.42. The summed E-state index contributed by atoms with van der Waals surface area (Å²) < 4.78 is 24.0. The number of carboxylic acids is 2. The highest BCUT2D eigenvalue weighted by molar-refractivity contribution is 6.40. The smallest absolute Gasteiger partial charge is 0.335 e. The lowest BCUT2D eigenvalue weighted by molar-refractivity contribution is -0.139. The molecular formula is C26H22Cl2FNO7. The first-order chi connectivity index (χ1) is 17.6. The van der Waals surface area contributed by atoms with Crippen molar-refractivity contribution in [2.45, 2.75) is 19.1 Å². The fraction of sp³-hybridized carbons (Fsp3) is 0.192. The third-order valence-electron chi connectivity index (χ3n) is 5.52. The lowest BCUT2D eigenvalue weighted by atomic mass is 9.98. The molecule has 3 rings (SSSR count). The maximum atomic E-state index is 13.2. The molecule has 0 heterocycles. The molecule has 0 unspecified atom stereocenters. The van der Waals surface area contributed by atoms with Crippen LogP contribution in [-0.2, 0) is 17.9 Å². The van der Waals surface area contributed by atoms with E-state index in [1.807, 2.05) is 0 Å². The number of aliphatic carboxylic acids is 1. The molecule has 0 aliphatic carbocycles. The number of hydrogen-bond acceptors (Lipinski definition) is 5. The molecule has 1 amide bonds. The van der Waals surface area contributed by atoms with Gasteiger partial charge in [-0.25, -0.2) is 14.0 Å². The van der Waals surface area contributed by atoms with E-state index < -0.39 is 30.6 Å². The van der Waals surface area contributed by atoms with Gasteiger partial charge in [0.05, 0.1) is 41.0 Å². The predicted molar refractivity (Wildman–Crippen MR) is 136 cm³/mol. The van der Waals surface area contributed by atoms with E-state index in [0.717, 1.165) is 12.1 Å². The van der Waals surface area contributed by atoms with E-state index in [-0.39, 0.29) is 27.6 Å². The summed E-state index contributed by atoms with van der Waals surface area (Å²) in [5.74, 6) is -2.61. The average molecular weight is 550 g/mol. The summed E-state index contributed by atoms with van der Waals surface area (Å²) in [6, 6.07) is 10.7. The zero-order chi connectivity index (χ0) is 27.3. The largest absolute Gasteiger partial charge is 0.496 e. The molecule has 0 fully saturated rings. The van der Waals surface area contributed by atoms with E-state index in [2.05, 4.69) is 5.32 Å². The van der Waals surface area contributed by atoms with Gasteiger partial charge in [-0.05, 0) is 41.0 Å². The standard InChI is InChI=1S/C26H22Cl2FNO7/c1-36-20-8-14(12-29)9-21(37-2)22(20)15-5-3-13(4-6-15)7-19(26(34)35)30-24(31)23-17(27)10-16(25(32)33)11-18(23)28/h3-6,8-11,19H,7,12H2,1-2H3,(H,30,31)(H,32,33)(H,34,35)/t19-/m0/s1. The molecule has 0 aromatic heterocycles. The maximum absolute atomic E-state index is 13.2. The van der Waals surface area contributed by atoms with Gasteiger partial charge in [0, 0.05) is 6.42 Å². The molecule has 3 aromatic carbocycles. The Balaban J connectivity index is 1.84. The van der Waals surface area contributed by atoms with Crippen molar-refractivity contribution in [2.75, 3.05) is 14.2 Å². The van der Waals surface area contributed by atoms with Gasteiger partial charge in [-0.3, -0.25) is 4.79 Å². The van der Waals surface area contributed by atoms with E-state index in [9.17, 15) is 23.9 Å². The second-order valence-electron chi connectivity index (χ2n) is 7.89. The van der Waals surface area contributed by atoms with Gasteiger partial charge in [-0.2, -0.15) is 0 Å². The van der Waals surface area contributed by atoms with Crippen LogP contribution in [-0.4, -0.2) is 48.3 Å². The Morgan fingerprint density at radius 1 is 0.919 bits per heavy atom. The van der Waals surface area contributed by atoms with Crippen molar-refractivity contribution in [3.8, 4) is 22.6 Å². The van der Waals surface area contributed by atoms with Crippen LogP contribution in [0.4, 0.5) is 4.39 Å². The van der Waals surface area contributed by atoms with Crippen molar-refractivity contribution in [1.82, 2.24) is 5.32 Å². The first-order valence-electron chi connectivity index (χ1n) is 10.8. The zero-order valence-electron chi connectivity index (χ0n) is 19.7. The number of amides is 1. The number of benzene rings is 3. The van der Waals surface area contributed by atoms with Crippen LogP contribution in [0.15, 0.2) is 48.5 Å². The number of methoxy groups -OCH3 is 2. The average Bonchev–Trinajstić information content (AvgIpc) is 2.87. The van der Waals surface area contributed by atoms with Gasteiger partial charge in [0.1, 0.15) is 24.2 Å². The van der Waals surface area contributed by atoms with Crippen LogP contribution in [0.1, 0.15) is 31.8 Å². The van der Waals surface area contributed by atoms with Gasteiger partial charge < -0.3 is 25.0 Å². The number of halogens is 3. The Morgan fingerprint density at radius 3 is 1.89 bits per heavy atom. The first-order valence-corrected chi connectivity index (χ1v) is 11.5.